The van der Waals surface area contributed by atoms with Crippen LogP contribution in [0.4, 0.5) is 0 Å². The maximum Gasteiger partial charge on any atom is 0.161 e. The van der Waals surface area contributed by atoms with Crippen molar-refractivity contribution in [2.24, 2.45) is 5.92 Å². The molecule has 0 unspecified atom stereocenters. The van der Waals surface area contributed by atoms with Crippen molar-refractivity contribution in [1.29, 1.82) is 0 Å². The van der Waals surface area contributed by atoms with E-state index in [9.17, 15) is 4.79 Å². The highest BCUT2D eigenvalue weighted by atomic mass is 16.5. The van der Waals surface area contributed by atoms with Crippen LogP contribution in [0.3, 0.4) is 0 Å². The van der Waals surface area contributed by atoms with Gasteiger partial charge in [-0.3, -0.25) is 4.79 Å². The lowest BCUT2D eigenvalue weighted by Gasteiger charge is -2.19. The summed E-state index contributed by atoms with van der Waals surface area (Å²) >= 11 is 0. The summed E-state index contributed by atoms with van der Waals surface area (Å²) in [5.41, 5.74) is 0. The molecule has 1 saturated carbocycles. The third-order valence-corrected chi connectivity index (χ3v) is 2.51. The standard InChI is InChI=1S/C10H18O2/c1-2-12-8-10(11)9-6-4-3-5-7-9/h9H,2-8H2,1H3. The smallest absolute Gasteiger partial charge is 0.161 e. The molecule has 2 nitrogen and oxygen atoms in total. The molecule has 0 heterocycles. The average Bonchev–Trinajstić information content (AvgIpc) is 2.15. The van der Waals surface area contributed by atoms with Crippen molar-refractivity contribution in [2.45, 2.75) is 39.0 Å². The van der Waals surface area contributed by atoms with Gasteiger partial charge in [-0.25, -0.2) is 0 Å². The lowest BCUT2D eigenvalue weighted by atomic mass is 9.86. The molecule has 0 spiro atoms. The SMILES string of the molecule is CCOCC(=O)C1CCCCC1. The zero-order valence-electron chi connectivity index (χ0n) is 7.84. The van der Waals surface area contributed by atoms with E-state index in [4.69, 9.17) is 4.74 Å². The first-order chi connectivity index (χ1) is 5.84. The number of ketones is 1. The summed E-state index contributed by atoms with van der Waals surface area (Å²) in [4.78, 5) is 11.4. The summed E-state index contributed by atoms with van der Waals surface area (Å²) in [6, 6.07) is 0. The Hall–Kier alpha value is -0.370. The Bertz CT molecular complexity index is 137. The average molecular weight is 170 g/mol. The zero-order chi connectivity index (χ0) is 8.81. The summed E-state index contributed by atoms with van der Waals surface area (Å²) in [5.74, 6) is 0.627. The Labute approximate surface area is 74.3 Å². The molecule has 0 aromatic rings. The molecule has 0 saturated heterocycles. The van der Waals surface area contributed by atoms with Gasteiger partial charge in [-0.05, 0) is 19.8 Å². The molecular formula is C10H18O2. The Morgan fingerprint density at radius 3 is 2.58 bits per heavy atom. The first-order valence-electron chi connectivity index (χ1n) is 4.95. The molecule has 1 rings (SSSR count). The highest BCUT2D eigenvalue weighted by molar-refractivity contribution is 5.82. The second kappa shape index (κ2) is 5.31. The van der Waals surface area contributed by atoms with Crippen LogP contribution in [0.5, 0.6) is 0 Å². The summed E-state index contributed by atoms with van der Waals surface area (Å²) in [6.07, 6.45) is 5.93. The normalized spacial score (nSPS) is 19.4. The van der Waals surface area contributed by atoms with Gasteiger partial charge in [0.05, 0.1) is 0 Å². The second-order valence-corrected chi connectivity index (χ2v) is 3.44. The van der Waals surface area contributed by atoms with Crippen molar-refractivity contribution in [1.82, 2.24) is 0 Å². The third kappa shape index (κ3) is 2.94. The van der Waals surface area contributed by atoms with E-state index in [0.717, 1.165) is 12.8 Å². The molecule has 0 N–H and O–H groups in total. The number of hydrogen-bond donors (Lipinski definition) is 0. The minimum atomic E-state index is 0.310. The first-order valence-corrected chi connectivity index (χ1v) is 4.95. The van der Waals surface area contributed by atoms with Gasteiger partial charge in [0.15, 0.2) is 5.78 Å². The largest absolute Gasteiger partial charge is 0.374 e. The highest BCUT2D eigenvalue weighted by Gasteiger charge is 2.20. The van der Waals surface area contributed by atoms with Gasteiger partial charge in [0, 0.05) is 12.5 Å². The summed E-state index contributed by atoms with van der Waals surface area (Å²) < 4.78 is 5.10. The van der Waals surface area contributed by atoms with Crippen LogP contribution in [-0.2, 0) is 9.53 Å². The molecule has 0 radical (unpaired) electrons. The van der Waals surface area contributed by atoms with Crippen molar-refractivity contribution in [3.8, 4) is 0 Å². The van der Waals surface area contributed by atoms with Gasteiger partial charge in [0.2, 0.25) is 0 Å². The topological polar surface area (TPSA) is 26.3 Å². The molecule has 2 heteroatoms. The number of hydrogen-bond acceptors (Lipinski definition) is 2. The predicted octanol–water partition coefficient (Wildman–Crippen LogP) is 2.17. The number of carbonyl (C=O) groups is 1. The Morgan fingerprint density at radius 1 is 1.33 bits per heavy atom. The van der Waals surface area contributed by atoms with Gasteiger partial charge in [0.25, 0.3) is 0 Å². The monoisotopic (exact) mass is 170 g/mol. The number of rotatable bonds is 4. The van der Waals surface area contributed by atoms with Crippen molar-refractivity contribution in [3.05, 3.63) is 0 Å². The Kier molecular flexibility index (Phi) is 4.30. The molecule has 1 aliphatic rings. The van der Waals surface area contributed by atoms with E-state index in [2.05, 4.69) is 0 Å². The quantitative estimate of drug-likeness (QED) is 0.646. The van der Waals surface area contributed by atoms with Crippen LogP contribution in [0.25, 0.3) is 0 Å². The second-order valence-electron chi connectivity index (χ2n) is 3.44. The molecule has 70 valence electrons. The lowest BCUT2D eigenvalue weighted by Crippen LogP contribution is -2.22. The van der Waals surface area contributed by atoms with Crippen LogP contribution in [0.1, 0.15) is 39.0 Å². The van der Waals surface area contributed by atoms with Gasteiger partial charge in [-0.15, -0.1) is 0 Å². The van der Waals surface area contributed by atoms with Crippen LogP contribution < -0.4 is 0 Å². The summed E-state index contributed by atoms with van der Waals surface area (Å²) in [5, 5.41) is 0. The van der Waals surface area contributed by atoms with Crippen molar-refractivity contribution in [2.75, 3.05) is 13.2 Å². The van der Waals surface area contributed by atoms with Crippen LogP contribution >= 0.6 is 0 Å². The Morgan fingerprint density at radius 2 is 2.00 bits per heavy atom. The Balaban J connectivity index is 2.20. The van der Waals surface area contributed by atoms with Crippen molar-refractivity contribution in [3.63, 3.8) is 0 Å². The predicted molar refractivity (Wildman–Crippen MR) is 48.1 cm³/mol. The van der Waals surface area contributed by atoms with E-state index in [1.807, 2.05) is 6.92 Å². The molecular weight excluding hydrogens is 152 g/mol. The first kappa shape index (κ1) is 9.72. The van der Waals surface area contributed by atoms with Crippen LogP contribution in [0.15, 0.2) is 0 Å². The van der Waals surface area contributed by atoms with Crippen LogP contribution in [0, 0.1) is 5.92 Å². The van der Waals surface area contributed by atoms with E-state index in [1.165, 1.54) is 19.3 Å². The molecule has 0 amide bonds. The van der Waals surface area contributed by atoms with E-state index in [1.54, 1.807) is 0 Å². The van der Waals surface area contributed by atoms with Gasteiger partial charge >= 0.3 is 0 Å². The molecule has 12 heavy (non-hydrogen) atoms. The molecule has 0 bridgehead atoms. The van der Waals surface area contributed by atoms with Gasteiger partial charge in [0.1, 0.15) is 6.61 Å². The van der Waals surface area contributed by atoms with Gasteiger partial charge in [-0.2, -0.15) is 0 Å². The van der Waals surface area contributed by atoms with Gasteiger partial charge < -0.3 is 4.74 Å². The molecule has 1 fully saturated rings. The summed E-state index contributed by atoms with van der Waals surface area (Å²) in [6.45, 7) is 2.91. The van der Waals surface area contributed by atoms with Crippen molar-refractivity contribution >= 4 is 5.78 Å². The molecule has 1 aliphatic carbocycles. The summed E-state index contributed by atoms with van der Waals surface area (Å²) in [7, 11) is 0. The maximum atomic E-state index is 11.4. The number of ether oxygens (including phenoxy) is 1. The highest BCUT2D eigenvalue weighted by Crippen LogP contribution is 2.24. The molecule has 0 aromatic heterocycles. The molecule has 0 aromatic carbocycles. The zero-order valence-corrected chi connectivity index (χ0v) is 7.84. The molecule has 0 aliphatic heterocycles. The lowest BCUT2D eigenvalue weighted by molar-refractivity contribution is -0.128. The minimum Gasteiger partial charge on any atom is -0.374 e. The minimum absolute atomic E-state index is 0.310. The van der Waals surface area contributed by atoms with E-state index in [-0.39, 0.29) is 0 Å². The fraction of sp³-hybridized carbons (Fsp3) is 0.900. The third-order valence-electron chi connectivity index (χ3n) is 2.51. The van der Waals surface area contributed by atoms with Crippen LogP contribution in [0.2, 0.25) is 0 Å². The fourth-order valence-electron chi connectivity index (χ4n) is 1.75. The fourth-order valence-corrected chi connectivity index (χ4v) is 1.75. The molecule has 0 atom stereocenters. The van der Waals surface area contributed by atoms with Gasteiger partial charge in [-0.1, -0.05) is 19.3 Å². The van der Waals surface area contributed by atoms with E-state index < -0.39 is 0 Å². The van der Waals surface area contributed by atoms with E-state index in [0.29, 0.717) is 24.9 Å². The van der Waals surface area contributed by atoms with E-state index >= 15 is 0 Å². The van der Waals surface area contributed by atoms with Crippen molar-refractivity contribution < 1.29 is 9.53 Å². The maximum absolute atomic E-state index is 11.4. The van der Waals surface area contributed by atoms with Crippen LogP contribution in [-0.4, -0.2) is 19.0 Å². The number of carbonyl (C=O) groups excluding carboxylic acids is 1. The number of Topliss-reactive ketones (excluding diaryl/α,β-unsaturated/α-hetero) is 1.